The zero-order valence-electron chi connectivity index (χ0n) is 17.1. The van der Waals surface area contributed by atoms with E-state index in [9.17, 15) is 35.9 Å². The van der Waals surface area contributed by atoms with E-state index < -0.39 is 41.3 Å². The maximum atomic E-state index is 13.7. The monoisotopic (exact) mass is 503 g/mol. The molecule has 3 N–H and O–H groups in total. The molecule has 34 heavy (non-hydrogen) atoms. The Hall–Kier alpha value is -3.21. The van der Waals surface area contributed by atoms with Crippen LogP contribution in [0.5, 0.6) is 0 Å². The van der Waals surface area contributed by atoms with Crippen molar-refractivity contribution in [2.75, 3.05) is 0 Å². The zero-order chi connectivity index (χ0) is 24.8. The minimum atomic E-state index is -5.07. The Labute approximate surface area is 193 Å². The normalized spacial score (nSPS) is 15.3. The molecule has 0 bridgehead atoms. The maximum absolute atomic E-state index is 13.7. The van der Waals surface area contributed by atoms with Gasteiger partial charge in [0, 0.05) is 16.9 Å². The number of benzene rings is 2. The van der Waals surface area contributed by atoms with Crippen LogP contribution in [0.2, 0.25) is 5.02 Å². The van der Waals surface area contributed by atoms with E-state index in [1.807, 2.05) is 0 Å². The molecule has 4 rings (SSSR count). The topological polar surface area (TPSA) is 74.0 Å². The Morgan fingerprint density at radius 2 is 1.71 bits per heavy atom. The molecule has 180 valence electrons. The molecule has 2 amide bonds. The summed E-state index contributed by atoms with van der Waals surface area (Å²) in [4.78, 5) is 27.6. The third kappa shape index (κ3) is 5.14. The molecule has 0 spiro atoms. The lowest BCUT2D eigenvalue weighted by Crippen LogP contribution is -2.38. The van der Waals surface area contributed by atoms with Crippen molar-refractivity contribution < 1.29 is 35.9 Å². The highest BCUT2D eigenvalue weighted by Gasteiger charge is 2.43. The number of hydrogen-bond donors (Lipinski definition) is 3. The fraction of sp³-hybridized carbons (Fsp3) is 0.273. The summed E-state index contributed by atoms with van der Waals surface area (Å²) < 4.78 is 79.8. The first-order valence-corrected chi connectivity index (χ1v) is 10.4. The molecular formula is C22H16ClF6N3O2. The van der Waals surface area contributed by atoms with E-state index >= 15 is 0 Å². The number of alkyl halides is 6. The molecule has 0 radical (unpaired) electrons. The van der Waals surface area contributed by atoms with E-state index in [2.05, 4.69) is 10.3 Å². The maximum Gasteiger partial charge on any atom is 0.416 e. The number of H-pyrrole nitrogens is 1. The number of carbonyl (C=O) groups is 2. The Kier molecular flexibility index (Phi) is 6.01. The van der Waals surface area contributed by atoms with Crippen molar-refractivity contribution in [2.24, 2.45) is 0 Å². The number of aromatic amines is 1. The molecule has 1 saturated carbocycles. The molecule has 1 atom stereocenters. The summed E-state index contributed by atoms with van der Waals surface area (Å²) in [5, 5.41) is 4.93. The lowest BCUT2D eigenvalue weighted by Gasteiger charge is -2.22. The van der Waals surface area contributed by atoms with Gasteiger partial charge in [-0.05, 0) is 48.7 Å². The van der Waals surface area contributed by atoms with Gasteiger partial charge in [-0.3, -0.25) is 9.59 Å². The molecule has 1 unspecified atom stereocenters. The summed E-state index contributed by atoms with van der Waals surface area (Å²) in [6.45, 7) is 0. The molecule has 1 aromatic heterocycles. The van der Waals surface area contributed by atoms with Crippen LogP contribution < -0.4 is 10.6 Å². The van der Waals surface area contributed by atoms with Crippen LogP contribution in [0.15, 0.2) is 42.5 Å². The first kappa shape index (κ1) is 23.9. The van der Waals surface area contributed by atoms with Gasteiger partial charge in [-0.2, -0.15) is 26.3 Å². The van der Waals surface area contributed by atoms with Crippen molar-refractivity contribution in [1.29, 1.82) is 0 Å². The number of aromatic nitrogens is 1. The number of amides is 2. The van der Waals surface area contributed by atoms with Crippen molar-refractivity contribution in [2.45, 2.75) is 37.3 Å². The van der Waals surface area contributed by atoms with Crippen molar-refractivity contribution in [3.8, 4) is 0 Å². The second-order valence-electron chi connectivity index (χ2n) is 7.92. The first-order valence-electron chi connectivity index (χ1n) is 10.0. The van der Waals surface area contributed by atoms with E-state index in [0.29, 0.717) is 23.0 Å². The number of nitrogens with one attached hydrogen (secondary N) is 3. The molecule has 1 aliphatic carbocycles. The fourth-order valence-corrected chi connectivity index (χ4v) is 3.65. The number of hydrogen-bond acceptors (Lipinski definition) is 2. The molecule has 1 aliphatic rings. The van der Waals surface area contributed by atoms with Gasteiger partial charge >= 0.3 is 12.4 Å². The molecule has 5 nitrogen and oxygen atoms in total. The molecule has 3 aromatic rings. The van der Waals surface area contributed by atoms with Crippen LogP contribution in [-0.2, 0) is 6.18 Å². The van der Waals surface area contributed by atoms with Crippen LogP contribution in [0, 0.1) is 0 Å². The Morgan fingerprint density at radius 3 is 2.32 bits per heavy atom. The summed E-state index contributed by atoms with van der Waals surface area (Å²) in [5.41, 5.74) is -1.89. The van der Waals surface area contributed by atoms with Crippen LogP contribution in [0.1, 0.15) is 50.9 Å². The summed E-state index contributed by atoms with van der Waals surface area (Å²) in [5.74, 6) is -1.61. The lowest BCUT2D eigenvalue weighted by molar-refractivity contribution is -0.156. The molecule has 0 saturated heterocycles. The highest BCUT2D eigenvalue weighted by Crippen LogP contribution is 2.36. The lowest BCUT2D eigenvalue weighted by atomic mass is 10.0. The van der Waals surface area contributed by atoms with Gasteiger partial charge in [-0.25, -0.2) is 0 Å². The van der Waals surface area contributed by atoms with Crippen molar-refractivity contribution in [3.05, 3.63) is 69.9 Å². The quantitative estimate of drug-likeness (QED) is 0.387. The predicted molar refractivity (Wildman–Crippen MR) is 112 cm³/mol. The second-order valence-corrected chi connectivity index (χ2v) is 8.33. The standard InChI is InChI=1S/C22H16ClF6N3O2/c23-15-9-16-11(7-14(15)19(33)30-13-4-5-13)8-17(31-16)20(34)32-18(22(27,28)29)10-2-1-3-12(6-10)21(24,25)26/h1-3,6-9,13,18,31H,4-5H2,(H,30,33)(H,32,34). The zero-order valence-corrected chi connectivity index (χ0v) is 17.8. The average Bonchev–Trinajstić information content (AvgIpc) is 3.45. The van der Waals surface area contributed by atoms with Crippen molar-refractivity contribution in [3.63, 3.8) is 0 Å². The number of fused-ring (bicyclic) bond motifs is 1. The van der Waals surface area contributed by atoms with Crippen LogP contribution in [0.3, 0.4) is 0 Å². The average molecular weight is 504 g/mol. The summed E-state index contributed by atoms with van der Waals surface area (Å²) in [6.07, 6.45) is -8.21. The van der Waals surface area contributed by atoms with E-state index in [1.54, 1.807) is 5.32 Å². The van der Waals surface area contributed by atoms with Crippen LogP contribution in [-0.4, -0.2) is 29.0 Å². The fourth-order valence-electron chi connectivity index (χ4n) is 3.40. The van der Waals surface area contributed by atoms with Crippen molar-refractivity contribution >= 4 is 34.3 Å². The van der Waals surface area contributed by atoms with Gasteiger partial charge in [-0.1, -0.05) is 23.7 Å². The molecule has 2 aromatic carbocycles. The van der Waals surface area contributed by atoms with Gasteiger partial charge in [0.1, 0.15) is 5.69 Å². The SMILES string of the molecule is O=C(NC(c1cccc(C(F)(F)F)c1)C(F)(F)F)c1cc2cc(C(=O)NC3CC3)c(Cl)cc2[nH]1. The minimum absolute atomic E-state index is 0.0713. The van der Waals surface area contributed by atoms with E-state index in [4.69, 9.17) is 11.6 Å². The molecular weight excluding hydrogens is 488 g/mol. The first-order chi connectivity index (χ1) is 15.8. The highest BCUT2D eigenvalue weighted by atomic mass is 35.5. The Morgan fingerprint density at radius 1 is 1.00 bits per heavy atom. The van der Waals surface area contributed by atoms with E-state index in [-0.39, 0.29) is 22.3 Å². The second kappa shape index (κ2) is 8.53. The summed E-state index contributed by atoms with van der Waals surface area (Å²) in [6, 6.07) is 4.05. The van der Waals surface area contributed by atoms with Gasteiger partial charge in [0.15, 0.2) is 6.04 Å². The van der Waals surface area contributed by atoms with Crippen LogP contribution in [0.4, 0.5) is 26.3 Å². The Bertz CT molecular complexity index is 1260. The third-order valence-electron chi connectivity index (χ3n) is 5.26. The van der Waals surface area contributed by atoms with Gasteiger partial charge < -0.3 is 15.6 Å². The highest BCUT2D eigenvalue weighted by molar-refractivity contribution is 6.34. The van der Waals surface area contributed by atoms with Gasteiger partial charge in [0.05, 0.1) is 16.1 Å². The Balaban J connectivity index is 1.62. The number of halogens is 7. The van der Waals surface area contributed by atoms with Crippen LogP contribution >= 0.6 is 11.6 Å². The van der Waals surface area contributed by atoms with E-state index in [0.717, 1.165) is 25.0 Å². The molecule has 0 aliphatic heterocycles. The summed E-state index contributed by atoms with van der Waals surface area (Å²) >= 11 is 6.14. The van der Waals surface area contributed by atoms with Crippen molar-refractivity contribution in [1.82, 2.24) is 15.6 Å². The number of carbonyl (C=O) groups excluding carboxylic acids is 2. The molecule has 12 heteroatoms. The molecule has 1 fully saturated rings. The van der Waals surface area contributed by atoms with Gasteiger partial charge in [0.25, 0.3) is 11.8 Å². The van der Waals surface area contributed by atoms with Crippen LogP contribution in [0.25, 0.3) is 10.9 Å². The smallest absolute Gasteiger partial charge is 0.350 e. The predicted octanol–water partition coefficient (Wildman–Crippen LogP) is 5.77. The van der Waals surface area contributed by atoms with E-state index in [1.165, 1.54) is 18.2 Å². The van der Waals surface area contributed by atoms with Gasteiger partial charge in [-0.15, -0.1) is 0 Å². The summed E-state index contributed by atoms with van der Waals surface area (Å²) in [7, 11) is 0. The number of rotatable bonds is 5. The van der Waals surface area contributed by atoms with Gasteiger partial charge in [0.2, 0.25) is 0 Å². The largest absolute Gasteiger partial charge is 0.416 e. The third-order valence-corrected chi connectivity index (χ3v) is 5.57. The minimum Gasteiger partial charge on any atom is -0.350 e. The molecule has 1 heterocycles.